The summed E-state index contributed by atoms with van der Waals surface area (Å²) in [4.78, 5) is 18.5. The summed E-state index contributed by atoms with van der Waals surface area (Å²) >= 11 is 0. The maximum Gasteiger partial charge on any atom is 0.272 e. The van der Waals surface area contributed by atoms with Gasteiger partial charge in [0.05, 0.1) is 12.5 Å². The van der Waals surface area contributed by atoms with Crippen molar-refractivity contribution in [1.29, 1.82) is 0 Å². The number of likely N-dealkylation sites (tertiary alicyclic amines) is 1. The normalized spacial score (nSPS) is 23.1. The first-order valence-electron chi connectivity index (χ1n) is 7.66. The molecule has 2 unspecified atom stereocenters. The Hall–Kier alpha value is -1.36. The number of carbonyl (C=O) groups is 1. The molecule has 2 atom stereocenters. The molecule has 2 rings (SSSR count). The van der Waals surface area contributed by atoms with Gasteiger partial charge in [-0.1, -0.05) is 20.3 Å². The van der Waals surface area contributed by atoms with E-state index in [0.29, 0.717) is 17.7 Å². The first-order chi connectivity index (χ1) is 9.67. The van der Waals surface area contributed by atoms with Crippen LogP contribution in [0.5, 0.6) is 0 Å². The van der Waals surface area contributed by atoms with Crippen molar-refractivity contribution in [3.05, 3.63) is 18.2 Å². The highest BCUT2D eigenvalue weighted by Gasteiger charge is 2.31. The molecule has 0 aliphatic carbocycles. The van der Waals surface area contributed by atoms with Crippen molar-refractivity contribution < 1.29 is 4.79 Å². The lowest BCUT2D eigenvalue weighted by Crippen LogP contribution is -2.51. The molecule has 20 heavy (non-hydrogen) atoms. The van der Waals surface area contributed by atoms with Gasteiger partial charge in [0.25, 0.3) is 5.91 Å². The average molecular weight is 278 g/mol. The number of nitrogens with zero attached hydrogens (tertiary/aromatic N) is 3. The van der Waals surface area contributed by atoms with Crippen LogP contribution in [0.1, 0.15) is 43.6 Å². The highest BCUT2D eigenvalue weighted by atomic mass is 16.2. The highest BCUT2D eigenvalue weighted by molar-refractivity contribution is 5.92. The zero-order valence-corrected chi connectivity index (χ0v) is 12.8. The van der Waals surface area contributed by atoms with E-state index >= 15 is 0 Å². The fourth-order valence-electron chi connectivity index (χ4n) is 2.95. The van der Waals surface area contributed by atoms with E-state index in [1.807, 2.05) is 11.9 Å². The maximum absolute atomic E-state index is 12.5. The number of aryl methyl sites for hydroxylation is 1. The van der Waals surface area contributed by atoms with Crippen molar-refractivity contribution in [1.82, 2.24) is 19.8 Å². The van der Waals surface area contributed by atoms with Gasteiger partial charge >= 0.3 is 0 Å². The molecule has 1 N–H and O–H groups in total. The van der Waals surface area contributed by atoms with Crippen molar-refractivity contribution >= 4 is 5.91 Å². The second-order valence-corrected chi connectivity index (χ2v) is 5.66. The zero-order valence-electron chi connectivity index (χ0n) is 12.8. The molecule has 5 nitrogen and oxygen atoms in total. The van der Waals surface area contributed by atoms with E-state index in [4.69, 9.17) is 0 Å². The van der Waals surface area contributed by atoms with Crippen molar-refractivity contribution in [2.24, 2.45) is 13.0 Å². The molecule has 1 saturated heterocycles. The number of hydrogen-bond donors (Lipinski definition) is 1. The van der Waals surface area contributed by atoms with E-state index in [-0.39, 0.29) is 5.91 Å². The number of hydrogen-bond acceptors (Lipinski definition) is 3. The van der Waals surface area contributed by atoms with Crippen LogP contribution in [-0.4, -0.2) is 46.0 Å². The summed E-state index contributed by atoms with van der Waals surface area (Å²) in [6.45, 7) is 7.15. The van der Waals surface area contributed by atoms with Crippen molar-refractivity contribution in [3.63, 3.8) is 0 Å². The molecular weight excluding hydrogens is 252 g/mol. The van der Waals surface area contributed by atoms with Gasteiger partial charge in [-0.15, -0.1) is 0 Å². The van der Waals surface area contributed by atoms with Gasteiger partial charge in [-0.05, 0) is 25.3 Å². The SMILES string of the molecule is CCCNC1CCN(C(=O)c2cncn2C)CC1CC. The lowest BCUT2D eigenvalue weighted by Gasteiger charge is -2.38. The summed E-state index contributed by atoms with van der Waals surface area (Å²) < 4.78 is 1.80. The summed E-state index contributed by atoms with van der Waals surface area (Å²) in [6, 6.07) is 0.551. The van der Waals surface area contributed by atoms with Crippen LogP contribution in [0.3, 0.4) is 0 Å². The summed E-state index contributed by atoms with van der Waals surface area (Å²) in [6.07, 6.45) is 6.65. The fraction of sp³-hybridized carbons (Fsp3) is 0.733. The second-order valence-electron chi connectivity index (χ2n) is 5.66. The van der Waals surface area contributed by atoms with Crippen LogP contribution in [0.2, 0.25) is 0 Å². The Morgan fingerprint density at radius 3 is 2.90 bits per heavy atom. The minimum atomic E-state index is 0.109. The van der Waals surface area contributed by atoms with Gasteiger partial charge in [-0.2, -0.15) is 0 Å². The highest BCUT2D eigenvalue weighted by Crippen LogP contribution is 2.21. The summed E-state index contributed by atoms with van der Waals surface area (Å²) in [7, 11) is 1.87. The number of rotatable bonds is 5. The number of carbonyl (C=O) groups excluding carboxylic acids is 1. The molecule has 1 aliphatic heterocycles. The van der Waals surface area contributed by atoms with E-state index in [1.165, 1.54) is 0 Å². The minimum Gasteiger partial charge on any atom is -0.337 e. The molecule has 0 aromatic carbocycles. The number of piperidine rings is 1. The molecule has 0 bridgehead atoms. The number of nitrogens with one attached hydrogen (secondary N) is 1. The van der Waals surface area contributed by atoms with Gasteiger partial charge in [0.1, 0.15) is 5.69 Å². The molecule has 112 valence electrons. The molecule has 0 spiro atoms. The summed E-state index contributed by atoms with van der Waals surface area (Å²) in [5, 5.41) is 3.62. The second kappa shape index (κ2) is 6.88. The Balaban J connectivity index is 1.99. The van der Waals surface area contributed by atoms with Crippen molar-refractivity contribution in [2.75, 3.05) is 19.6 Å². The van der Waals surface area contributed by atoms with Crippen LogP contribution in [0.15, 0.2) is 12.5 Å². The Bertz CT molecular complexity index is 443. The van der Waals surface area contributed by atoms with Crippen LogP contribution in [-0.2, 0) is 7.05 Å². The van der Waals surface area contributed by atoms with E-state index in [9.17, 15) is 4.79 Å². The van der Waals surface area contributed by atoms with Crippen LogP contribution >= 0.6 is 0 Å². The quantitative estimate of drug-likeness (QED) is 0.891. The molecule has 0 radical (unpaired) electrons. The first-order valence-corrected chi connectivity index (χ1v) is 7.66. The van der Waals surface area contributed by atoms with Gasteiger partial charge in [0.2, 0.25) is 0 Å². The van der Waals surface area contributed by atoms with Gasteiger partial charge in [-0.25, -0.2) is 4.98 Å². The Labute approximate surface area is 121 Å². The third-order valence-electron chi connectivity index (χ3n) is 4.24. The third-order valence-corrected chi connectivity index (χ3v) is 4.24. The van der Waals surface area contributed by atoms with Crippen molar-refractivity contribution in [3.8, 4) is 0 Å². The first kappa shape index (κ1) is 15.0. The van der Waals surface area contributed by atoms with Gasteiger partial charge in [0, 0.05) is 26.2 Å². The van der Waals surface area contributed by atoms with Crippen LogP contribution in [0.4, 0.5) is 0 Å². The summed E-state index contributed by atoms with van der Waals surface area (Å²) in [5.41, 5.74) is 0.680. The topological polar surface area (TPSA) is 50.2 Å². The number of aromatic nitrogens is 2. The van der Waals surface area contributed by atoms with Crippen LogP contribution < -0.4 is 5.32 Å². The molecule has 2 heterocycles. The zero-order chi connectivity index (χ0) is 14.5. The number of imidazole rings is 1. The van der Waals surface area contributed by atoms with E-state index in [1.54, 1.807) is 17.1 Å². The van der Waals surface area contributed by atoms with Crippen molar-refractivity contribution in [2.45, 2.75) is 39.2 Å². The Kier molecular flexibility index (Phi) is 5.17. The van der Waals surface area contributed by atoms with E-state index < -0.39 is 0 Å². The van der Waals surface area contributed by atoms with Gasteiger partial charge < -0.3 is 14.8 Å². The minimum absolute atomic E-state index is 0.109. The summed E-state index contributed by atoms with van der Waals surface area (Å²) in [5.74, 6) is 0.657. The molecule has 5 heteroatoms. The lowest BCUT2D eigenvalue weighted by atomic mass is 9.89. The molecule has 1 aliphatic rings. The van der Waals surface area contributed by atoms with Gasteiger partial charge in [0.15, 0.2) is 0 Å². The maximum atomic E-state index is 12.5. The fourth-order valence-corrected chi connectivity index (χ4v) is 2.95. The number of amides is 1. The molecule has 1 aromatic rings. The largest absolute Gasteiger partial charge is 0.337 e. The van der Waals surface area contributed by atoms with Gasteiger partial charge in [-0.3, -0.25) is 4.79 Å². The predicted octanol–water partition coefficient (Wildman–Crippen LogP) is 1.66. The molecule has 0 saturated carbocycles. The van der Waals surface area contributed by atoms with Crippen LogP contribution in [0, 0.1) is 5.92 Å². The van der Waals surface area contributed by atoms with Crippen LogP contribution in [0.25, 0.3) is 0 Å². The monoisotopic (exact) mass is 278 g/mol. The third kappa shape index (κ3) is 3.20. The molecule has 1 amide bonds. The Morgan fingerprint density at radius 1 is 1.50 bits per heavy atom. The standard InChI is InChI=1S/C15H26N4O/c1-4-7-17-13-6-8-19(10-12(13)5-2)15(20)14-9-16-11-18(14)3/h9,11-13,17H,4-8,10H2,1-3H3. The lowest BCUT2D eigenvalue weighted by molar-refractivity contribution is 0.0617. The Morgan fingerprint density at radius 2 is 2.30 bits per heavy atom. The molecule has 1 fully saturated rings. The van der Waals surface area contributed by atoms with E-state index in [0.717, 1.165) is 38.9 Å². The molecular formula is C15H26N4O. The molecule has 1 aromatic heterocycles. The predicted molar refractivity (Wildman–Crippen MR) is 79.6 cm³/mol. The average Bonchev–Trinajstić information content (AvgIpc) is 2.90. The smallest absolute Gasteiger partial charge is 0.272 e. The van der Waals surface area contributed by atoms with E-state index in [2.05, 4.69) is 24.1 Å².